The van der Waals surface area contributed by atoms with Gasteiger partial charge in [-0.2, -0.15) is 0 Å². The van der Waals surface area contributed by atoms with Gasteiger partial charge in [0.15, 0.2) is 0 Å². The normalized spacial score (nSPS) is 17.9. The van der Waals surface area contributed by atoms with Crippen molar-refractivity contribution in [2.24, 2.45) is 0 Å². The molecule has 0 bridgehead atoms. The Balaban J connectivity index is 2.32. The molecule has 1 N–H and O–H groups in total. The van der Waals surface area contributed by atoms with Crippen LogP contribution in [0.1, 0.15) is 4.88 Å². The molecular weight excluding hydrogens is 198 g/mol. The summed E-state index contributed by atoms with van der Waals surface area (Å²) in [5.74, 6) is 0.0853. The molecule has 5 heteroatoms. The molecule has 0 saturated heterocycles. The minimum Gasteiger partial charge on any atom is -0.313 e. The molecule has 0 unspecified atom stereocenters. The summed E-state index contributed by atoms with van der Waals surface area (Å²) < 4.78 is 0. The number of carbonyl (C=O) groups excluding carboxylic acids is 1. The quantitative estimate of drug-likeness (QED) is 0.734. The molecule has 2 heterocycles. The Bertz CT molecular complexity index is 358. The van der Waals surface area contributed by atoms with Crippen molar-refractivity contribution in [2.75, 3.05) is 20.1 Å². The average molecular weight is 209 g/mol. The summed E-state index contributed by atoms with van der Waals surface area (Å²) in [6, 6.07) is 0. The van der Waals surface area contributed by atoms with Crippen LogP contribution in [0.2, 0.25) is 0 Å². The average Bonchev–Trinajstić information content (AvgIpc) is 2.64. The van der Waals surface area contributed by atoms with Gasteiger partial charge in [-0.15, -0.1) is 11.3 Å². The third-order valence-electron chi connectivity index (χ3n) is 2.14. The van der Waals surface area contributed by atoms with Crippen LogP contribution >= 0.6 is 11.3 Å². The number of carbonyl (C=O) groups is 1. The van der Waals surface area contributed by atoms with Crippen LogP contribution in [-0.4, -0.2) is 35.9 Å². The molecule has 1 aromatic heterocycles. The van der Waals surface area contributed by atoms with E-state index in [0.29, 0.717) is 6.54 Å². The van der Waals surface area contributed by atoms with E-state index in [1.807, 2.05) is 6.08 Å². The van der Waals surface area contributed by atoms with Crippen molar-refractivity contribution in [3.05, 3.63) is 22.7 Å². The van der Waals surface area contributed by atoms with Crippen LogP contribution < -0.4 is 5.32 Å². The Hall–Kier alpha value is -1.20. The molecule has 74 valence electrons. The summed E-state index contributed by atoms with van der Waals surface area (Å²) in [5.41, 5.74) is 2.72. The van der Waals surface area contributed by atoms with Crippen LogP contribution in [0.15, 0.2) is 17.8 Å². The third-order valence-corrected chi connectivity index (χ3v) is 2.93. The van der Waals surface area contributed by atoms with Gasteiger partial charge in [-0.05, 0) is 6.08 Å². The minimum atomic E-state index is 0.0853. The number of rotatable bonds is 1. The predicted molar refractivity (Wildman–Crippen MR) is 55.7 cm³/mol. The molecule has 1 aliphatic rings. The monoisotopic (exact) mass is 209 g/mol. The van der Waals surface area contributed by atoms with Crippen LogP contribution in [0.25, 0.3) is 5.70 Å². The SMILES string of the molecule is CN1C(=O)CNCC=C1c1cncs1. The highest BCUT2D eigenvalue weighted by molar-refractivity contribution is 7.10. The number of aromatic nitrogens is 1. The van der Waals surface area contributed by atoms with Gasteiger partial charge in [0.2, 0.25) is 5.91 Å². The van der Waals surface area contributed by atoms with Gasteiger partial charge < -0.3 is 10.2 Å². The lowest BCUT2D eigenvalue weighted by molar-refractivity contribution is -0.125. The first-order chi connectivity index (χ1) is 6.79. The Kier molecular flexibility index (Phi) is 2.60. The largest absolute Gasteiger partial charge is 0.313 e. The van der Waals surface area contributed by atoms with E-state index < -0.39 is 0 Å². The van der Waals surface area contributed by atoms with Crippen molar-refractivity contribution in [3.63, 3.8) is 0 Å². The fourth-order valence-electron chi connectivity index (χ4n) is 1.35. The van der Waals surface area contributed by atoms with Gasteiger partial charge >= 0.3 is 0 Å². The molecular formula is C9H11N3OS. The van der Waals surface area contributed by atoms with Crippen molar-refractivity contribution in [2.45, 2.75) is 0 Å². The van der Waals surface area contributed by atoms with Gasteiger partial charge in [-0.1, -0.05) is 0 Å². The van der Waals surface area contributed by atoms with Crippen molar-refractivity contribution in [1.29, 1.82) is 0 Å². The second kappa shape index (κ2) is 3.89. The number of amides is 1. The molecule has 0 saturated carbocycles. The molecule has 1 amide bonds. The van der Waals surface area contributed by atoms with Crippen LogP contribution in [0.4, 0.5) is 0 Å². The van der Waals surface area contributed by atoms with Crippen LogP contribution in [0.3, 0.4) is 0 Å². The molecule has 0 radical (unpaired) electrons. The zero-order valence-corrected chi connectivity index (χ0v) is 8.67. The van der Waals surface area contributed by atoms with E-state index in [-0.39, 0.29) is 5.91 Å². The van der Waals surface area contributed by atoms with Crippen molar-refractivity contribution < 1.29 is 4.79 Å². The molecule has 1 aromatic rings. The Labute approximate surface area is 86.3 Å². The fourth-order valence-corrected chi connectivity index (χ4v) is 2.04. The lowest BCUT2D eigenvalue weighted by Gasteiger charge is -2.16. The minimum absolute atomic E-state index is 0.0853. The first-order valence-corrected chi connectivity index (χ1v) is 5.23. The summed E-state index contributed by atoms with van der Waals surface area (Å²) in [7, 11) is 1.79. The summed E-state index contributed by atoms with van der Waals surface area (Å²) in [5, 5.41) is 3.04. The van der Waals surface area contributed by atoms with Gasteiger partial charge in [0.25, 0.3) is 0 Å². The fraction of sp³-hybridized carbons (Fsp3) is 0.333. The smallest absolute Gasteiger partial charge is 0.240 e. The third kappa shape index (κ3) is 1.69. The number of hydrogen-bond donors (Lipinski definition) is 1. The molecule has 2 rings (SSSR count). The molecule has 0 aliphatic carbocycles. The van der Waals surface area contributed by atoms with Gasteiger partial charge in [-0.3, -0.25) is 9.78 Å². The number of nitrogens with zero attached hydrogens (tertiary/aromatic N) is 2. The summed E-state index contributed by atoms with van der Waals surface area (Å²) in [6.45, 7) is 1.12. The van der Waals surface area contributed by atoms with E-state index in [9.17, 15) is 4.79 Å². The summed E-state index contributed by atoms with van der Waals surface area (Å²) in [6.07, 6.45) is 3.80. The molecule has 0 atom stereocenters. The predicted octanol–water partition coefficient (Wildman–Crippen LogP) is 0.546. The number of likely N-dealkylation sites (N-methyl/N-ethyl adjacent to an activating group) is 1. The van der Waals surface area contributed by atoms with Crippen LogP contribution in [0.5, 0.6) is 0 Å². The first-order valence-electron chi connectivity index (χ1n) is 4.35. The Morgan fingerprint density at radius 3 is 3.21 bits per heavy atom. The zero-order valence-electron chi connectivity index (χ0n) is 7.86. The van der Waals surface area contributed by atoms with Gasteiger partial charge in [-0.25, -0.2) is 0 Å². The van der Waals surface area contributed by atoms with E-state index in [4.69, 9.17) is 0 Å². The number of hydrogen-bond acceptors (Lipinski definition) is 4. The maximum atomic E-state index is 11.5. The van der Waals surface area contributed by atoms with Crippen LogP contribution in [0, 0.1) is 0 Å². The van der Waals surface area contributed by atoms with E-state index in [1.165, 1.54) is 0 Å². The topological polar surface area (TPSA) is 45.2 Å². The van der Waals surface area contributed by atoms with Crippen LogP contribution in [-0.2, 0) is 4.79 Å². The molecule has 0 fully saturated rings. The highest BCUT2D eigenvalue weighted by atomic mass is 32.1. The Morgan fingerprint density at radius 1 is 1.64 bits per heavy atom. The summed E-state index contributed by atoms with van der Waals surface area (Å²) in [4.78, 5) is 18.2. The first kappa shape index (κ1) is 9.36. The van der Waals surface area contributed by atoms with Crippen molar-refractivity contribution >= 4 is 22.9 Å². The maximum absolute atomic E-state index is 11.5. The second-order valence-electron chi connectivity index (χ2n) is 3.04. The Morgan fingerprint density at radius 2 is 2.50 bits per heavy atom. The standard InChI is InChI=1S/C9H11N3OS/c1-12-7(8-4-11-6-14-8)2-3-10-5-9(12)13/h2,4,6,10H,3,5H2,1H3. The second-order valence-corrected chi connectivity index (χ2v) is 3.93. The number of nitrogens with one attached hydrogen (secondary N) is 1. The molecule has 14 heavy (non-hydrogen) atoms. The van der Waals surface area contributed by atoms with Gasteiger partial charge in [0.05, 0.1) is 22.6 Å². The molecule has 1 aliphatic heterocycles. The highest BCUT2D eigenvalue weighted by Gasteiger charge is 2.17. The van der Waals surface area contributed by atoms with Gasteiger partial charge in [0.1, 0.15) is 0 Å². The van der Waals surface area contributed by atoms with Gasteiger partial charge in [0, 0.05) is 19.8 Å². The number of thiazole rings is 1. The summed E-state index contributed by atoms with van der Waals surface area (Å²) >= 11 is 1.54. The van der Waals surface area contributed by atoms with Crippen molar-refractivity contribution in [1.82, 2.24) is 15.2 Å². The van der Waals surface area contributed by atoms with E-state index in [1.54, 1.807) is 35.0 Å². The maximum Gasteiger partial charge on any atom is 0.240 e. The molecule has 0 spiro atoms. The molecule has 4 nitrogen and oxygen atoms in total. The van der Waals surface area contributed by atoms with E-state index >= 15 is 0 Å². The van der Waals surface area contributed by atoms with Crippen molar-refractivity contribution in [3.8, 4) is 0 Å². The zero-order chi connectivity index (χ0) is 9.97. The molecule has 0 aromatic carbocycles. The lowest BCUT2D eigenvalue weighted by Crippen LogP contribution is -2.31. The van der Waals surface area contributed by atoms with E-state index in [2.05, 4.69) is 10.3 Å². The highest BCUT2D eigenvalue weighted by Crippen LogP contribution is 2.21. The van der Waals surface area contributed by atoms with E-state index in [0.717, 1.165) is 17.1 Å². The lowest BCUT2D eigenvalue weighted by atomic mass is 10.3.